The maximum absolute atomic E-state index is 9.12. The summed E-state index contributed by atoms with van der Waals surface area (Å²) in [5.41, 5.74) is 4.41. The van der Waals surface area contributed by atoms with Crippen LogP contribution >= 0.6 is 11.6 Å². The van der Waals surface area contributed by atoms with Crippen molar-refractivity contribution < 1.29 is 0 Å². The Kier molecular flexibility index (Phi) is 3.40. The Morgan fingerprint density at radius 3 is 2.61 bits per heavy atom. The van der Waals surface area contributed by atoms with Crippen molar-refractivity contribution in [3.63, 3.8) is 0 Å². The van der Waals surface area contributed by atoms with E-state index in [0.717, 1.165) is 16.9 Å². The SMILES string of the molecule is CCc1nn(-c2ccc(C)cc2C)c(Cl)c1C#N. The number of hydrogen-bond acceptors (Lipinski definition) is 2. The van der Waals surface area contributed by atoms with Gasteiger partial charge in [0.05, 0.1) is 11.4 Å². The molecule has 0 fully saturated rings. The standard InChI is InChI=1S/C14H14ClN3/c1-4-12-11(8-16)14(15)18(17-12)13-6-5-9(2)7-10(13)3/h5-7H,4H2,1-3H3. The van der Waals surface area contributed by atoms with Gasteiger partial charge in [0.1, 0.15) is 11.6 Å². The summed E-state index contributed by atoms with van der Waals surface area (Å²) in [6, 6.07) is 8.18. The van der Waals surface area contributed by atoms with Crippen LogP contribution in [-0.4, -0.2) is 9.78 Å². The first kappa shape index (κ1) is 12.7. The topological polar surface area (TPSA) is 41.6 Å². The summed E-state index contributed by atoms with van der Waals surface area (Å²) in [7, 11) is 0. The molecule has 2 rings (SSSR count). The van der Waals surface area contributed by atoms with E-state index >= 15 is 0 Å². The van der Waals surface area contributed by atoms with E-state index in [0.29, 0.717) is 17.1 Å². The van der Waals surface area contributed by atoms with Crippen LogP contribution in [0.1, 0.15) is 29.3 Å². The fourth-order valence-electron chi connectivity index (χ4n) is 2.00. The van der Waals surface area contributed by atoms with E-state index in [9.17, 15) is 0 Å². The second-order valence-corrected chi connectivity index (χ2v) is 4.64. The first-order valence-electron chi connectivity index (χ1n) is 5.83. The van der Waals surface area contributed by atoms with Gasteiger partial charge in [0.2, 0.25) is 0 Å². The third-order valence-electron chi connectivity index (χ3n) is 2.93. The van der Waals surface area contributed by atoms with Gasteiger partial charge < -0.3 is 0 Å². The van der Waals surface area contributed by atoms with E-state index in [4.69, 9.17) is 16.9 Å². The van der Waals surface area contributed by atoms with Crippen molar-refractivity contribution in [2.45, 2.75) is 27.2 Å². The summed E-state index contributed by atoms with van der Waals surface area (Å²) in [5.74, 6) is 0. The molecule has 0 spiro atoms. The molecule has 0 aliphatic rings. The first-order valence-corrected chi connectivity index (χ1v) is 6.21. The van der Waals surface area contributed by atoms with Crippen LogP contribution in [0.3, 0.4) is 0 Å². The van der Waals surface area contributed by atoms with Crippen LogP contribution in [0.5, 0.6) is 0 Å². The van der Waals surface area contributed by atoms with Gasteiger partial charge in [-0.25, -0.2) is 4.68 Å². The number of nitriles is 1. The highest BCUT2D eigenvalue weighted by Crippen LogP contribution is 2.25. The van der Waals surface area contributed by atoms with Crippen molar-refractivity contribution >= 4 is 11.6 Å². The molecule has 18 heavy (non-hydrogen) atoms. The molecular weight excluding hydrogens is 246 g/mol. The van der Waals surface area contributed by atoms with Crippen LogP contribution in [0.15, 0.2) is 18.2 Å². The Balaban J connectivity index is 2.65. The third-order valence-corrected chi connectivity index (χ3v) is 3.28. The molecule has 2 aromatic rings. The molecule has 0 saturated carbocycles. The normalized spacial score (nSPS) is 10.4. The molecule has 92 valence electrons. The molecule has 0 N–H and O–H groups in total. The van der Waals surface area contributed by atoms with Crippen molar-refractivity contribution in [2.24, 2.45) is 0 Å². The monoisotopic (exact) mass is 259 g/mol. The van der Waals surface area contributed by atoms with Gasteiger partial charge in [-0.3, -0.25) is 0 Å². The van der Waals surface area contributed by atoms with Gasteiger partial charge in [0.25, 0.3) is 0 Å². The van der Waals surface area contributed by atoms with Crippen molar-refractivity contribution in [3.8, 4) is 11.8 Å². The average molecular weight is 260 g/mol. The predicted octanol–water partition coefficient (Wildman–Crippen LogP) is 3.58. The lowest BCUT2D eigenvalue weighted by Crippen LogP contribution is -2.00. The Bertz CT molecular complexity index is 635. The minimum absolute atomic E-state index is 0.390. The molecule has 0 aliphatic heterocycles. The number of aryl methyl sites for hydroxylation is 3. The lowest BCUT2D eigenvalue weighted by molar-refractivity contribution is 0.836. The van der Waals surface area contributed by atoms with Crippen molar-refractivity contribution in [3.05, 3.63) is 45.7 Å². The van der Waals surface area contributed by atoms with Crippen LogP contribution in [0.2, 0.25) is 5.15 Å². The van der Waals surface area contributed by atoms with Gasteiger partial charge in [-0.2, -0.15) is 10.4 Å². The Hall–Kier alpha value is -1.79. The Labute approximate surface area is 112 Å². The minimum Gasteiger partial charge on any atom is -0.220 e. The van der Waals surface area contributed by atoms with Crippen LogP contribution < -0.4 is 0 Å². The first-order chi connectivity index (χ1) is 8.58. The van der Waals surface area contributed by atoms with E-state index in [-0.39, 0.29) is 0 Å². The summed E-state index contributed by atoms with van der Waals surface area (Å²) >= 11 is 6.23. The van der Waals surface area contributed by atoms with E-state index < -0.39 is 0 Å². The summed E-state index contributed by atoms with van der Waals surface area (Å²) in [4.78, 5) is 0. The number of halogens is 1. The third kappa shape index (κ3) is 2.00. The molecule has 4 heteroatoms. The van der Waals surface area contributed by atoms with Gasteiger partial charge >= 0.3 is 0 Å². The Morgan fingerprint density at radius 1 is 1.39 bits per heavy atom. The number of hydrogen-bond donors (Lipinski definition) is 0. The second kappa shape index (κ2) is 4.83. The zero-order valence-electron chi connectivity index (χ0n) is 10.7. The van der Waals surface area contributed by atoms with Crippen molar-refractivity contribution in [1.29, 1.82) is 5.26 Å². The molecule has 3 nitrogen and oxygen atoms in total. The summed E-state index contributed by atoms with van der Waals surface area (Å²) in [6.45, 7) is 6.02. The number of benzene rings is 1. The predicted molar refractivity (Wildman–Crippen MR) is 72.1 cm³/mol. The smallest absolute Gasteiger partial charge is 0.150 e. The van der Waals surface area contributed by atoms with Crippen molar-refractivity contribution in [1.82, 2.24) is 9.78 Å². The second-order valence-electron chi connectivity index (χ2n) is 4.28. The average Bonchev–Trinajstić information content (AvgIpc) is 2.66. The minimum atomic E-state index is 0.390. The lowest BCUT2D eigenvalue weighted by Gasteiger charge is -2.07. The molecule has 1 heterocycles. The van der Waals surface area contributed by atoms with Gasteiger partial charge in [0, 0.05) is 0 Å². The number of nitrogens with zero attached hydrogens (tertiary/aromatic N) is 3. The molecule has 0 saturated heterocycles. The highest BCUT2D eigenvalue weighted by Gasteiger charge is 2.16. The van der Waals surface area contributed by atoms with Gasteiger partial charge in [0.15, 0.2) is 5.15 Å². The zero-order chi connectivity index (χ0) is 13.3. The van der Waals surface area contributed by atoms with E-state index in [1.807, 2.05) is 32.9 Å². The highest BCUT2D eigenvalue weighted by atomic mass is 35.5. The van der Waals surface area contributed by atoms with Crippen LogP contribution in [0.4, 0.5) is 0 Å². The summed E-state index contributed by atoms with van der Waals surface area (Å²) < 4.78 is 1.65. The molecule has 0 aliphatic carbocycles. The van der Waals surface area contributed by atoms with Crippen LogP contribution in [0.25, 0.3) is 5.69 Å². The molecular formula is C14H14ClN3. The van der Waals surface area contributed by atoms with Crippen LogP contribution in [-0.2, 0) is 6.42 Å². The largest absolute Gasteiger partial charge is 0.220 e. The molecule has 1 aromatic heterocycles. The van der Waals surface area contributed by atoms with Crippen LogP contribution in [0, 0.1) is 25.2 Å². The highest BCUT2D eigenvalue weighted by molar-refractivity contribution is 6.31. The molecule has 0 radical (unpaired) electrons. The lowest BCUT2D eigenvalue weighted by atomic mass is 10.1. The number of aromatic nitrogens is 2. The van der Waals surface area contributed by atoms with Gasteiger partial charge in [-0.15, -0.1) is 0 Å². The molecule has 0 atom stereocenters. The Morgan fingerprint density at radius 2 is 2.11 bits per heavy atom. The van der Waals surface area contributed by atoms with E-state index in [2.05, 4.69) is 17.2 Å². The van der Waals surface area contributed by atoms with Crippen molar-refractivity contribution in [2.75, 3.05) is 0 Å². The fourth-order valence-corrected chi connectivity index (χ4v) is 2.28. The van der Waals surface area contributed by atoms with Gasteiger partial charge in [-0.05, 0) is 31.9 Å². The van der Waals surface area contributed by atoms with E-state index in [1.54, 1.807) is 4.68 Å². The fraction of sp³-hybridized carbons (Fsp3) is 0.286. The molecule has 1 aromatic carbocycles. The molecule has 0 unspecified atom stereocenters. The van der Waals surface area contributed by atoms with Gasteiger partial charge in [-0.1, -0.05) is 36.2 Å². The maximum Gasteiger partial charge on any atom is 0.150 e. The summed E-state index contributed by atoms with van der Waals surface area (Å²) in [6.07, 6.45) is 0.695. The summed E-state index contributed by atoms with van der Waals surface area (Å²) in [5, 5.41) is 13.9. The quantitative estimate of drug-likeness (QED) is 0.827. The van der Waals surface area contributed by atoms with E-state index in [1.165, 1.54) is 5.56 Å². The number of rotatable bonds is 2. The molecule has 0 amide bonds. The zero-order valence-corrected chi connectivity index (χ0v) is 11.4. The maximum atomic E-state index is 9.12. The molecule has 0 bridgehead atoms.